The zero-order valence-corrected chi connectivity index (χ0v) is 68.6. The van der Waals surface area contributed by atoms with Gasteiger partial charge in [-0.25, -0.2) is 15.0 Å². The lowest BCUT2D eigenvalue weighted by Gasteiger charge is -2.35. The van der Waals surface area contributed by atoms with Gasteiger partial charge in [0.25, 0.3) is 0 Å². The van der Waals surface area contributed by atoms with Crippen LogP contribution in [-0.2, 0) is 43.0 Å². The van der Waals surface area contributed by atoms with Gasteiger partial charge in [-0.1, -0.05) is 113 Å². The summed E-state index contributed by atoms with van der Waals surface area (Å²) in [5.74, 6) is -5.59. The Balaban J connectivity index is 0.000000291. The first-order valence-corrected chi connectivity index (χ1v) is 40.4. The number of aliphatic hydroxyl groups excluding tert-OH is 8. The minimum Gasteiger partial charge on any atom is -0.458 e. The number of ketones is 3. The third-order valence-electron chi connectivity index (χ3n) is 22.4. The molecule has 0 bridgehead atoms. The number of carbonyl (C=O) groups excluding carboxylic acids is 6. The van der Waals surface area contributed by atoms with Gasteiger partial charge in [-0.3, -0.25) is 28.8 Å². The van der Waals surface area contributed by atoms with Gasteiger partial charge in [-0.2, -0.15) is 0 Å². The molecule has 0 saturated carbocycles. The van der Waals surface area contributed by atoms with Crippen LogP contribution in [0.15, 0.2) is 43.1 Å². The van der Waals surface area contributed by atoms with Crippen molar-refractivity contribution in [3.8, 4) is 0 Å². The van der Waals surface area contributed by atoms with E-state index in [1.807, 2.05) is 70.7 Å². The van der Waals surface area contributed by atoms with Gasteiger partial charge in [0.2, 0.25) is 0 Å². The van der Waals surface area contributed by atoms with Crippen molar-refractivity contribution in [1.82, 2.24) is 20.3 Å². The highest BCUT2D eigenvalue weighted by atomic mass is 32.1. The van der Waals surface area contributed by atoms with Crippen molar-refractivity contribution in [2.24, 2.45) is 62.0 Å². The van der Waals surface area contributed by atoms with Gasteiger partial charge in [0, 0.05) is 68.6 Å². The number of rotatable bonds is 8. The predicted octanol–water partition coefficient (Wildman–Crippen LogP) is 12.4. The first-order valence-electron chi connectivity index (χ1n) is 37.8. The van der Waals surface area contributed by atoms with Gasteiger partial charge in [-0.15, -0.1) is 34.0 Å². The van der Waals surface area contributed by atoms with Gasteiger partial charge in [0.15, 0.2) is 0 Å². The molecular formula is C78H120N10O17S3. The molecule has 108 heavy (non-hydrogen) atoms. The summed E-state index contributed by atoms with van der Waals surface area (Å²) in [6.07, 6.45) is -0.213. The smallest absolute Gasteiger partial charge is 0.309 e. The van der Waals surface area contributed by atoms with Crippen molar-refractivity contribution in [3.63, 3.8) is 0 Å². The molecule has 602 valence electrons. The van der Waals surface area contributed by atoms with Crippen molar-refractivity contribution < 1.29 is 83.8 Å². The number of cyclic esters (lactones) is 3. The van der Waals surface area contributed by atoms with Crippen LogP contribution in [0, 0.1) is 72.5 Å². The van der Waals surface area contributed by atoms with E-state index in [-0.39, 0.29) is 60.4 Å². The van der Waals surface area contributed by atoms with E-state index in [0.29, 0.717) is 73.5 Å². The normalized spacial score (nSPS) is 33.9. The summed E-state index contributed by atoms with van der Waals surface area (Å²) in [5.41, 5.74) is 18.8. The number of aromatic nitrogens is 3. The molecule has 0 spiro atoms. The lowest BCUT2D eigenvalue weighted by atomic mass is 9.73. The highest BCUT2D eigenvalue weighted by molar-refractivity contribution is 7.10. The molecule has 30 heteroatoms. The molecule has 0 radical (unpaired) electrons. The Labute approximate surface area is 648 Å². The SMILES string of the molecule is C/C(=C\c1csc(C)n1)C1C[C@@H](O)[C@H](N=[N+]=[N-])CCCC(C)[C@H](O)[C@@H](C)C(=O)C(C)(C)[C@@H](O)CC(=O)O1.C/C(=C\c1csc(C)n1)C1C[C@@H]2N[C@@H]2CCCC(C)[C@H](O)[C@@H](C)C(=O)C(C)(C)[C@@H](O)CC(=O)O1.C/C(=C\c1csc(C)n1)C1C[C@H](N=[N+]=[N-])[C@@H](O)CCCC(C)[C@H](O)[C@@H](C)C(=O)C(C)(C)[C@@H](O)CC(=O)O1. The first-order chi connectivity index (χ1) is 50.4. The van der Waals surface area contributed by atoms with Crippen LogP contribution in [0.3, 0.4) is 0 Å². The Kier molecular flexibility index (Phi) is 35.8. The first kappa shape index (κ1) is 92.4. The van der Waals surface area contributed by atoms with E-state index in [4.69, 9.17) is 25.3 Å². The Morgan fingerprint density at radius 3 is 1.11 bits per heavy atom. The van der Waals surface area contributed by atoms with Crippen LogP contribution >= 0.6 is 34.0 Å². The topological polar surface area (TPSA) is 450 Å². The summed E-state index contributed by atoms with van der Waals surface area (Å²) >= 11 is 4.53. The van der Waals surface area contributed by atoms with Crippen molar-refractivity contribution in [2.45, 2.75) is 312 Å². The number of aliphatic hydroxyl groups is 8. The Hall–Kier alpha value is -6.21. The summed E-state index contributed by atoms with van der Waals surface area (Å²) in [7, 11) is 0. The molecule has 7 heterocycles. The van der Waals surface area contributed by atoms with Crippen molar-refractivity contribution in [1.29, 1.82) is 0 Å². The number of hydrogen-bond acceptors (Lipinski definition) is 26. The standard InChI is InChI=1S/2C26H40N4O6S.C26H40N2O5S/c1-14-8-7-9-20(31)19(29-30-27)11-21(15(2)10-18-13-37-17(4)28-18)36-23(33)12-22(32)26(5,6)25(35)16(3)24(14)34;1-14-8-7-9-19(29-30-27)20(31)11-21(15(2)10-18-13-37-17(4)28-18)36-23(33)12-22(32)26(5,6)25(35)16(3)24(14)34;1-14-8-7-9-19-20(28-19)11-21(15(2)10-18-13-34-17(4)27-18)33-23(30)12-22(29)26(5,6)25(32)16(3)24(14)31/h2*10,13-14,16,19-22,24,31-32,34H,7-9,11-12H2,1-6H3;10,13-14,16,19-22,24,28-29,31H,7-9,11-12H2,1-6H3/b3*15-10+/t14?,16-,19+,20+,21?,22+,24+;14?,16-,19-,20-,21?,22+,24+;14?,16-,19-,20+,21?,22+,24+/m111/s1. The van der Waals surface area contributed by atoms with E-state index in [0.717, 1.165) is 45.6 Å². The molecule has 4 aliphatic rings. The van der Waals surface area contributed by atoms with Gasteiger partial charge in [0.05, 0.1) is 129 Å². The number of hydrogen-bond donors (Lipinski definition) is 9. The Morgan fingerprint density at radius 2 is 0.778 bits per heavy atom. The Morgan fingerprint density at radius 1 is 0.463 bits per heavy atom. The molecule has 3 aromatic rings. The minimum absolute atomic E-state index is 0.0193. The largest absolute Gasteiger partial charge is 0.458 e. The van der Waals surface area contributed by atoms with Gasteiger partial charge >= 0.3 is 17.9 Å². The molecule has 4 fully saturated rings. The summed E-state index contributed by atoms with van der Waals surface area (Å²) in [5, 5.41) is 106. The monoisotopic (exact) mass is 1560 g/mol. The molecule has 9 N–H and O–H groups in total. The van der Waals surface area contributed by atoms with Crippen LogP contribution < -0.4 is 5.32 Å². The molecule has 0 aromatic carbocycles. The third-order valence-corrected chi connectivity index (χ3v) is 24.7. The van der Waals surface area contributed by atoms with E-state index in [9.17, 15) is 69.6 Å². The summed E-state index contributed by atoms with van der Waals surface area (Å²) in [6.45, 7) is 31.3. The van der Waals surface area contributed by atoms with Crippen LogP contribution in [0.2, 0.25) is 0 Å². The number of thiazole rings is 3. The third kappa shape index (κ3) is 26.8. The molecule has 27 nitrogen and oxygen atoms in total. The second kappa shape index (κ2) is 41.9. The number of Topliss-reactive ketones (excluding diaryl/α,β-unsaturated/α-hetero) is 3. The van der Waals surface area contributed by atoms with Crippen LogP contribution in [0.1, 0.15) is 232 Å². The molecular weight excluding hydrogens is 1450 g/mol. The lowest BCUT2D eigenvalue weighted by Crippen LogP contribution is -2.46. The fourth-order valence-electron chi connectivity index (χ4n) is 14.3. The number of carbonyl (C=O) groups is 6. The van der Waals surface area contributed by atoms with E-state index >= 15 is 0 Å². The second-order valence-corrected chi connectivity index (χ2v) is 35.4. The highest BCUT2D eigenvalue weighted by Gasteiger charge is 2.47. The molecule has 3 aromatic heterocycles. The zero-order chi connectivity index (χ0) is 81.0. The minimum atomic E-state index is -1.34. The summed E-state index contributed by atoms with van der Waals surface area (Å²) < 4.78 is 17.3. The van der Waals surface area contributed by atoms with Crippen LogP contribution in [0.25, 0.3) is 39.1 Å². The quantitative estimate of drug-likeness (QED) is 0.0252. The van der Waals surface area contributed by atoms with E-state index in [1.165, 1.54) is 22.7 Å². The summed E-state index contributed by atoms with van der Waals surface area (Å²) in [4.78, 5) is 97.4. The molecule has 0 aliphatic carbocycles. The van der Waals surface area contributed by atoms with Crippen molar-refractivity contribution in [3.05, 3.63) is 85.8 Å². The number of ether oxygens (including phenoxy) is 3. The van der Waals surface area contributed by atoms with Crippen LogP contribution in [0.5, 0.6) is 0 Å². The van der Waals surface area contributed by atoms with Crippen molar-refractivity contribution >= 4 is 87.5 Å². The number of nitrogens with zero attached hydrogens (tertiary/aromatic N) is 9. The van der Waals surface area contributed by atoms with E-state index in [1.54, 1.807) is 99.6 Å². The number of nitrogens with one attached hydrogen (secondary N) is 1. The highest BCUT2D eigenvalue weighted by Crippen LogP contribution is 2.38. The maximum absolute atomic E-state index is 13.2. The second-order valence-electron chi connectivity index (χ2n) is 32.2. The van der Waals surface area contributed by atoms with Crippen LogP contribution in [-0.4, -0.2) is 182 Å². The van der Waals surface area contributed by atoms with Gasteiger partial charge < -0.3 is 60.4 Å². The van der Waals surface area contributed by atoms with Gasteiger partial charge in [0.1, 0.15) is 35.7 Å². The maximum Gasteiger partial charge on any atom is 0.309 e. The predicted molar refractivity (Wildman–Crippen MR) is 416 cm³/mol. The summed E-state index contributed by atoms with van der Waals surface area (Å²) in [6, 6.07) is -1.01. The van der Waals surface area contributed by atoms with E-state index < -0.39 is 144 Å². The fraction of sp³-hybridized carbons (Fsp3) is 0.731. The Bertz CT molecular complexity index is 3690. The number of aryl methyl sites for hydroxylation is 3. The number of azide groups is 2. The molecule has 21 atom stereocenters. The van der Waals surface area contributed by atoms with E-state index in [2.05, 4.69) is 40.3 Å². The number of esters is 3. The van der Waals surface area contributed by atoms with Gasteiger partial charge in [-0.05, 0) is 150 Å². The van der Waals surface area contributed by atoms with Crippen molar-refractivity contribution in [2.75, 3.05) is 0 Å². The van der Waals surface area contributed by atoms with Crippen LogP contribution in [0.4, 0.5) is 0 Å². The maximum atomic E-state index is 13.2. The molecule has 4 saturated heterocycles. The average molecular weight is 1570 g/mol. The lowest BCUT2D eigenvalue weighted by molar-refractivity contribution is -0.156. The fourth-order valence-corrected chi connectivity index (χ4v) is 16.0. The molecule has 0 amide bonds. The number of fused-ring (bicyclic) bond motifs is 1. The average Bonchev–Trinajstić information content (AvgIpc) is 1.15. The molecule has 7 rings (SSSR count). The molecule has 6 unspecified atom stereocenters. The zero-order valence-electron chi connectivity index (χ0n) is 66.2. The molecule has 4 aliphatic heterocycles.